The summed E-state index contributed by atoms with van der Waals surface area (Å²) in [6.45, 7) is 1.99. The standard InChI is InChI=1S/C13H18FN/c1-9-2-6-12(14)11(8-9)5-7-13(15)10-3-4-10/h2,6,8,10,13H,3-5,7,15H2,1H3. The predicted molar refractivity (Wildman–Crippen MR) is 60.2 cm³/mol. The maximum absolute atomic E-state index is 13.4. The van der Waals surface area contributed by atoms with Crippen LogP contribution in [0.3, 0.4) is 0 Å². The van der Waals surface area contributed by atoms with Gasteiger partial charge in [0.05, 0.1) is 0 Å². The van der Waals surface area contributed by atoms with Gasteiger partial charge in [-0.05, 0) is 50.2 Å². The Morgan fingerprint density at radius 1 is 1.47 bits per heavy atom. The zero-order valence-corrected chi connectivity index (χ0v) is 9.17. The van der Waals surface area contributed by atoms with Crippen molar-refractivity contribution in [3.63, 3.8) is 0 Å². The molecule has 0 spiro atoms. The Bertz CT molecular complexity index is 344. The van der Waals surface area contributed by atoms with E-state index >= 15 is 0 Å². The predicted octanol–water partition coefficient (Wildman–Crippen LogP) is 2.80. The molecule has 82 valence electrons. The Balaban J connectivity index is 1.94. The first-order chi connectivity index (χ1) is 7.16. The number of hydrogen-bond acceptors (Lipinski definition) is 1. The molecule has 0 heterocycles. The monoisotopic (exact) mass is 207 g/mol. The minimum Gasteiger partial charge on any atom is -0.327 e. The molecule has 0 aliphatic heterocycles. The summed E-state index contributed by atoms with van der Waals surface area (Å²) in [7, 11) is 0. The molecule has 1 aliphatic carbocycles. The third-order valence-corrected chi connectivity index (χ3v) is 3.18. The summed E-state index contributed by atoms with van der Waals surface area (Å²) < 4.78 is 13.4. The SMILES string of the molecule is Cc1ccc(F)c(CCC(N)C2CC2)c1. The van der Waals surface area contributed by atoms with Crippen molar-refractivity contribution in [3.8, 4) is 0 Å². The van der Waals surface area contributed by atoms with E-state index in [-0.39, 0.29) is 11.9 Å². The molecule has 0 bridgehead atoms. The van der Waals surface area contributed by atoms with Gasteiger partial charge in [0.2, 0.25) is 0 Å². The minimum atomic E-state index is -0.0939. The molecule has 1 aromatic carbocycles. The first-order valence-electron chi connectivity index (χ1n) is 5.67. The average Bonchev–Trinajstić information content (AvgIpc) is 3.02. The summed E-state index contributed by atoms with van der Waals surface area (Å²) >= 11 is 0. The molecular weight excluding hydrogens is 189 g/mol. The Kier molecular flexibility index (Phi) is 3.06. The van der Waals surface area contributed by atoms with Gasteiger partial charge in [-0.25, -0.2) is 4.39 Å². The van der Waals surface area contributed by atoms with E-state index in [4.69, 9.17) is 5.73 Å². The largest absolute Gasteiger partial charge is 0.327 e. The minimum absolute atomic E-state index is 0.0939. The highest BCUT2D eigenvalue weighted by atomic mass is 19.1. The topological polar surface area (TPSA) is 26.0 Å². The van der Waals surface area contributed by atoms with Crippen molar-refractivity contribution in [2.45, 2.75) is 38.6 Å². The molecule has 0 amide bonds. The molecular formula is C13H18FN. The van der Waals surface area contributed by atoms with Crippen LogP contribution in [0.2, 0.25) is 0 Å². The van der Waals surface area contributed by atoms with Crippen LogP contribution < -0.4 is 5.73 Å². The van der Waals surface area contributed by atoms with Gasteiger partial charge in [-0.15, -0.1) is 0 Å². The molecule has 1 unspecified atom stereocenters. The first kappa shape index (κ1) is 10.6. The number of aryl methyl sites for hydroxylation is 2. The second kappa shape index (κ2) is 4.31. The van der Waals surface area contributed by atoms with E-state index in [0.717, 1.165) is 24.0 Å². The maximum atomic E-state index is 13.4. The van der Waals surface area contributed by atoms with Gasteiger partial charge in [0.25, 0.3) is 0 Å². The fraction of sp³-hybridized carbons (Fsp3) is 0.538. The summed E-state index contributed by atoms with van der Waals surface area (Å²) in [6.07, 6.45) is 4.20. The highest BCUT2D eigenvalue weighted by Gasteiger charge is 2.27. The van der Waals surface area contributed by atoms with Gasteiger partial charge in [0, 0.05) is 6.04 Å². The lowest BCUT2D eigenvalue weighted by molar-refractivity contribution is 0.535. The van der Waals surface area contributed by atoms with Gasteiger partial charge in [0.15, 0.2) is 0 Å². The van der Waals surface area contributed by atoms with Gasteiger partial charge in [-0.3, -0.25) is 0 Å². The van der Waals surface area contributed by atoms with Crippen molar-refractivity contribution in [2.24, 2.45) is 11.7 Å². The number of nitrogens with two attached hydrogens (primary N) is 1. The normalized spacial score (nSPS) is 17.8. The van der Waals surface area contributed by atoms with Crippen molar-refractivity contribution in [1.82, 2.24) is 0 Å². The van der Waals surface area contributed by atoms with E-state index in [0.29, 0.717) is 5.92 Å². The lowest BCUT2D eigenvalue weighted by atomic mass is 10.0. The first-order valence-corrected chi connectivity index (χ1v) is 5.67. The lowest BCUT2D eigenvalue weighted by Gasteiger charge is -2.10. The summed E-state index contributed by atoms with van der Waals surface area (Å²) in [5.41, 5.74) is 7.92. The average molecular weight is 207 g/mol. The summed E-state index contributed by atoms with van der Waals surface area (Å²) in [6, 6.07) is 5.55. The van der Waals surface area contributed by atoms with E-state index in [9.17, 15) is 4.39 Å². The Morgan fingerprint density at radius 2 is 2.20 bits per heavy atom. The van der Waals surface area contributed by atoms with E-state index in [2.05, 4.69) is 0 Å². The summed E-state index contributed by atoms with van der Waals surface area (Å²) in [4.78, 5) is 0. The van der Waals surface area contributed by atoms with Crippen molar-refractivity contribution >= 4 is 0 Å². The molecule has 15 heavy (non-hydrogen) atoms. The van der Waals surface area contributed by atoms with Crippen LogP contribution in [0, 0.1) is 18.7 Å². The number of rotatable bonds is 4. The van der Waals surface area contributed by atoms with Crippen LogP contribution in [-0.4, -0.2) is 6.04 Å². The van der Waals surface area contributed by atoms with Gasteiger partial charge in [0.1, 0.15) is 5.82 Å². The molecule has 1 aromatic rings. The molecule has 1 aliphatic rings. The Morgan fingerprint density at radius 3 is 2.87 bits per heavy atom. The van der Waals surface area contributed by atoms with Gasteiger partial charge in [-0.1, -0.05) is 17.7 Å². The number of hydrogen-bond donors (Lipinski definition) is 1. The summed E-state index contributed by atoms with van der Waals surface area (Å²) in [5, 5.41) is 0. The molecule has 2 heteroatoms. The fourth-order valence-electron chi connectivity index (χ4n) is 1.98. The zero-order chi connectivity index (χ0) is 10.8. The molecule has 0 radical (unpaired) electrons. The van der Waals surface area contributed by atoms with Crippen LogP contribution >= 0.6 is 0 Å². The van der Waals surface area contributed by atoms with Crippen molar-refractivity contribution < 1.29 is 4.39 Å². The van der Waals surface area contributed by atoms with Crippen molar-refractivity contribution in [3.05, 3.63) is 35.1 Å². The third kappa shape index (κ3) is 2.78. The molecule has 1 atom stereocenters. The van der Waals surface area contributed by atoms with Crippen molar-refractivity contribution in [1.29, 1.82) is 0 Å². The van der Waals surface area contributed by atoms with Crippen LogP contribution in [0.15, 0.2) is 18.2 Å². The second-order valence-corrected chi connectivity index (χ2v) is 4.63. The molecule has 0 aromatic heterocycles. The van der Waals surface area contributed by atoms with Crippen LogP contribution in [0.4, 0.5) is 4.39 Å². The quantitative estimate of drug-likeness (QED) is 0.807. The smallest absolute Gasteiger partial charge is 0.126 e. The van der Waals surface area contributed by atoms with Crippen LogP contribution in [-0.2, 0) is 6.42 Å². The molecule has 1 saturated carbocycles. The molecule has 0 saturated heterocycles. The highest BCUT2D eigenvalue weighted by molar-refractivity contribution is 5.24. The fourth-order valence-corrected chi connectivity index (χ4v) is 1.98. The van der Waals surface area contributed by atoms with Gasteiger partial charge in [-0.2, -0.15) is 0 Å². The molecule has 2 rings (SSSR count). The van der Waals surface area contributed by atoms with E-state index in [1.54, 1.807) is 12.1 Å². The molecule has 2 N–H and O–H groups in total. The molecule has 1 fully saturated rings. The number of halogens is 1. The van der Waals surface area contributed by atoms with Crippen LogP contribution in [0.1, 0.15) is 30.4 Å². The van der Waals surface area contributed by atoms with Crippen LogP contribution in [0.5, 0.6) is 0 Å². The third-order valence-electron chi connectivity index (χ3n) is 3.18. The van der Waals surface area contributed by atoms with Crippen LogP contribution in [0.25, 0.3) is 0 Å². The van der Waals surface area contributed by atoms with E-state index in [1.165, 1.54) is 12.8 Å². The highest BCUT2D eigenvalue weighted by Crippen LogP contribution is 2.33. The van der Waals surface area contributed by atoms with E-state index in [1.807, 2.05) is 13.0 Å². The summed E-state index contributed by atoms with van der Waals surface area (Å²) in [5.74, 6) is 0.612. The maximum Gasteiger partial charge on any atom is 0.126 e. The lowest BCUT2D eigenvalue weighted by Crippen LogP contribution is -2.23. The number of benzene rings is 1. The molecule has 1 nitrogen and oxygen atoms in total. The van der Waals surface area contributed by atoms with Crippen molar-refractivity contribution in [2.75, 3.05) is 0 Å². The zero-order valence-electron chi connectivity index (χ0n) is 9.17. The Labute approximate surface area is 90.5 Å². The van der Waals surface area contributed by atoms with E-state index < -0.39 is 0 Å². The Hall–Kier alpha value is -0.890. The second-order valence-electron chi connectivity index (χ2n) is 4.63. The van der Waals surface area contributed by atoms with Gasteiger partial charge < -0.3 is 5.73 Å². The van der Waals surface area contributed by atoms with Gasteiger partial charge >= 0.3 is 0 Å².